The van der Waals surface area contributed by atoms with E-state index >= 15 is 0 Å². The summed E-state index contributed by atoms with van der Waals surface area (Å²) in [6.45, 7) is 9.78. The molecule has 1 heterocycles. The first-order valence-electron chi connectivity index (χ1n) is 6.79. The molecular formula is C12H30KO6+7. The van der Waals surface area contributed by atoms with E-state index in [9.17, 15) is 0 Å². The van der Waals surface area contributed by atoms with E-state index in [1.54, 1.807) is 0 Å². The van der Waals surface area contributed by atoms with Gasteiger partial charge in [-0.1, -0.05) is 0 Å². The predicted molar refractivity (Wildman–Crippen MR) is 71.7 cm³/mol. The molecule has 0 aliphatic carbocycles. The fraction of sp³-hybridized carbons (Fsp3) is 1.00. The van der Waals surface area contributed by atoms with Gasteiger partial charge in [0.15, 0.2) is 0 Å². The third-order valence-corrected chi connectivity index (χ3v) is 2.50. The summed E-state index contributed by atoms with van der Waals surface area (Å²) in [7, 11) is 0. The maximum atomic E-state index is 4.37. The molecular weight excluding hydrogens is 279 g/mol. The SMILES string of the molecule is C1C[OH+]CC[OH+]CC[OH+]CC[OH+]CC[OH+]CC[OH+]1.[K+]. The van der Waals surface area contributed by atoms with Crippen LogP contribution in [0.3, 0.4) is 0 Å². The molecule has 6 nitrogen and oxygen atoms in total. The Morgan fingerprint density at radius 2 is 0.368 bits per heavy atom. The summed E-state index contributed by atoms with van der Waals surface area (Å²) < 4.78 is 26.2. The van der Waals surface area contributed by atoms with E-state index in [4.69, 9.17) is 0 Å². The maximum Gasteiger partial charge on any atom is 1.00 e. The Labute approximate surface area is 157 Å². The van der Waals surface area contributed by atoms with Crippen molar-refractivity contribution >= 4 is 0 Å². The van der Waals surface area contributed by atoms with E-state index < -0.39 is 0 Å². The molecule has 6 N–H and O–H groups in total. The number of aliphatic hydroxyl groups is 12. The molecule has 0 amide bonds. The zero-order valence-corrected chi connectivity index (χ0v) is 15.3. The second-order valence-corrected chi connectivity index (χ2v) is 4.02. The number of ether oxygens (including phenoxy) is 6. The van der Waals surface area contributed by atoms with Crippen LogP contribution in [0, 0.1) is 0 Å². The van der Waals surface area contributed by atoms with Gasteiger partial charge in [-0.05, 0) is 0 Å². The second-order valence-electron chi connectivity index (χ2n) is 4.02. The van der Waals surface area contributed by atoms with Crippen LogP contribution in [0.5, 0.6) is 0 Å². The smallest absolute Gasteiger partial charge is 0.422 e. The van der Waals surface area contributed by atoms with Gasteiger partial charge in [-0.25, -0.2) is 0 Å². The molecule has 1 aliphatic heterocycles. The fourth-order valence-corrected chi connectivity index (χ4v) is 1.52. The normalized spacial score (nSPS) is 22.7. The molecule has 0 aromatic carbocycles. The number of rotatable bonds is 0. The van der Waals surface area contributed by atoms with Gasteiger partial charge in [-0.15, -0.1) is 0 Å². The summed E-state index contributed by atoms with van der Waals surface area (Å²) >= 11 is 0. The first-order chi connectivity index (χ1) is 9.00. The van der Waals surface area contributed by atoms with E-state index in [0.29, 0.717) is 0 Å². The molecule has 0 spiro atoms. The van der Waals surface area contributed by atoms with Crippen molar-refractivity contribution in [2.24, 2.45) is 0 Å². The summed E-state index contributed by atoms with van der Waals surface area (Å²) in [4.78, 5) is 0. The molecule has 1 saturated heterocycles. The molecule has 0 unspecified atom stereocenters. The molecule has 7 heteroatoms. The average molecular weight is 309 g/mol. The maximum absolute atomic E-state index is 4.37. The Balaban J connectivity index is 0.00000324. The topological polar surface area (TPSA) is 76.8 Å². The van der Waals surface area contributed by atoms with Crippen molar-refractivity contribution in [2.75, 3.05) is 79.3 Å². The molecule has 0 aromatic rings. The monoisotopic (exact) mass is 309 g/mol. The molecule has 0 saturated carbocycles. The summed E-state index contributed by atoms with van der Waals surface area (Å²) in [5.41, 5.74) is 0. The van der Waals surface area contributed by atoms with Gasteiger partial charge < -0.3 is 28.4 Å². The van der Waals surface area contributed by atoms with Crippen LogP contribution in [-0.4, -0.2) is 108 Å². The van der Waals surface area contributed by atoms with Crippen molar-refractivity contribution in [1.82, 2.24) is 0 Å². The van der Waals surface area contributed by atoms with Crippen LogP contribution in [0.25, 0.3) is 0 Å². The summed E-state index contributed by atoms with van der Waals surface area (Å²) in [5, 5.41) is 0. The van der Waals surface area contributed by atoms with Gasteiger partial charge in [-0.2, -0.15) is 0 Å². The predicted octanol–water partition coefficient (Wildman–Crippen LogP) is -5.83. The van der Waals surface area contributed by atoms with Crippen LogP contribution < -0.4 is 51.4 Å². The average Bonchev–Trinajstić information content (AvgIpc) is 2.39. The van der Waals surface area contributed by atoms with Gasteiger partial charge >= 0.3 is 51.4 Å². The zero-order valence-electron chi connectivity index (χ0n) is 12.2. The van der Waals surface area contributed by atoms with E-state index in [1.165, 1.54) is 0 Å². The molecule has 0 bridgehead atoms. The molecule has 1 fully saturated rings. The van der Waals surface area contributed by atoms with Crippen molar-refractivity contribution in [3.8, 4) is 0 Å². The van der Waals surface area contributed by atoms with Gasteiger partial charge in [0, 0.05) is 0 Å². The van der Waals surface area contributed by atoms with E-state index in [-0.39, 0.29) is 51.4 Å². The quantitative estimate of drug-likeness (QED) is 0.316. The molecule has 108 valence electrons. The van der Waals surface area contributed by atoms with Crippen LogP contribution >= 0.6 is 0 Å². The van der Waals surface area contributed by atoms with Crippen LogP contribution in [-0.2, 0) is 0 Å². The Hall–Kier alpha value is 1.40. The van der Waals surface area contributed by atoms with Crippen LogP contribution in [0.2, 0.25) is 0 Å². The zero-order chi connectivity index (χ0) is 12.7. The number of hydrogen-bond acceptors (Lipinski definition) is 0. The molecule has 0 radical (unpaired) electrons. The van der Waals surface area contributed by atoms with Gasteiger partial charge in [0.25, 0.3) is 0 Å². The summed E-state index contributed by atoms with van der Waals surface area (Å²) in [6, 6.07) is 0. The Morgan fingerprint density at radius 3 is 0.474 bits per heavy atom. The van der Waals surface area contributed by atoms with Crippen molar-refractivity contribution in [3.63, 3.8) is 0 Å². The Morgan fingerprint density at radius 1 is 0.263 bits per heavy atom. The third-order valence-electron chi connectivity index (χ3n) is 2.50. The van der Waals surface area contributed by atoms with E-state index in [1.807, 2.05) is 0 Å². The van der Waals surface area contributed by atoms with Gasteiger partial charge in [0.05, 0.1) is 0 Å². The Bertz CT molecular complexity index is 97.2. The van der Waals surface area contributed by atoms with Gasteiger partial charge in [0.1, 0.15) is 0 Å². The second kappa shape index (κ2) is 17.4. The van der Waals surface area contributed by atoms with Crippen molar-refractivity contribution in [2.45, 2.75) is 0 Å². The third kappa shape index (κ3) is 15.6. The fourth-order valence-electron chi connectivity index (χ4n) is 1.52. The minimum absolute atomic E-state index is 0. The number of hydrogen-bond donors (Lipinski definition) is 0. The molecule has 19 heavy (non-hydrogen) atoms. The Kier molecular flexibility index (Phi) is 18.7. The van der Waals surface area contributed by atoms with Crippen molar-refractivity contribution in [1.29, 1.82) is 0 Å². The molecule has 1 rings (SSSR count). The first kappa shape index (κ1) is 20.4. The van der Waals surface area contributed by atoms with E-state index in [2.05, 4.69) is 28.4 Å². The first-order valence-corrected chi connectivity index (χ1v) is 6.79. The summed E-state index contributed by atoms with van der Waals surface area (Å²) in [5.74, 6) is 0. The summed E-state index contributed by atoms with van der Waals surface area (Å²) in [6.07, 6.45) is 0. The largest absolute Gasteiger partial charge is 1.00 e. The van der Waals surface area contributed by atoms with Crippen molar-refractivity contribution in [3.05, 3.63) is 0 Å². The standard InChI is InChI=1S/C12H24O6.K/c1-2-14-5-6-16-9-10-18-12-11-17-8-7-15-4-3-13-1;/h1-12H2;/q;+1/p+6. The molecule has 0 aromatic heterocycles. The van der Waals surface area contributed by atoms with Crippen LogP contribution in [0.15, 0.2) is 0 Å². The van der Waals surface area contributed by atoms with Crippen LogP contribution in [0.1, 0.15) is 0 Å². The minimum atomic E-state index is 0. The minimum Gasteiger partial charge on any atom is -0.422 e. The molecule has 1 aliphatic rings. The van der Waals surface area contributed by atoms with Gasteiger partial charge in [0.2, 0.25) is 79.3 Å². The van der Waals surface area contributed by atoms with Crippen molar-refractivity contribution < 1.29 is 79.8 Å². The van der Waals surface area contributed by atoms with Gasteiger partial charge in [-0.3, -0.25) is 0 Å². The van der Waals surface area contributed by atoms with E-state index in [0.717, 1.165) is 79.3 Å². The van der Waals surface area contributed by atoms with Crippen LogP contribution in [0.4, 0.5) is 0 Å². The molecule has 0 atom stereocenters.